The lowest BCUT2D eigenvalue weighted by Crippen LogP contribution is -2.29. The van der Waals surface area contributed by atoms with Crippen molar-refractivity contribution in [2.45, 2.75) is 38.1 Å². The summed E-state index contributed by atoms with van der Waals surface area (Å²) in [7, 11) is 0. The van der Waals surface area contributed by atoms with Gasteiger partial charge in [0.15, 0.2) is 0 Å². The molecule has 3 unspecified atom stereocenters. The summed E-state index contributed by atoms with van der Waals surface area (Å²) >= 11 is 6.23. The van der Waals surface area contributed by atoms with E-state index in [0.717, 1.165) is 36.6 Å². The van der Waals surface area contributed by atoms with Crippen molar-refractivity contribution in [2.24, 2.45) is 5.92 Å². The van der Waals surface area contributed by atoms with Crippen LogP contribution in [0.1, 0.15) is 49.3 Å². The van der Waals surface area contributed by atoms with Crippen molar-refractivity contribution in [2.75, 3.05) is 11.9 Å². The summed E-state index contributed by atoms with van der Waals surface area (Å²) in [6.07, 6.45) is 8.01. The number of ether oxygens (including phenoxy) is 1. The molecule has 2 nitrogen and oxygen atoms in total. The Labute approximate surface area is 154 Å². The highest BCUT2D eigenvalue weighted by molar-refractivity contribution is 6.30. The first kappa shape index (κ1) is 16.5. The van der Waals surface area contributed by atoms with E-state index in [1.54, 1.807) is 0 Å². The number of benzene rings is 2. The minimum Gasteiger partial charge on any atom is -0.494 e. The molecule has 0 amide bonds. The second-order valence-electron chi connectivity index (χ2n) is 6.98. The molecule has 0 fully saturated rings. The van der Waals surface area contributed by atoms with E-state index in [-0.39, 0.29) is 6.04 Å². The van der Waals surface area contributed by atoms with E-state index in [0.29, 0.717) is 11.8 Å². The maximum Gasteiger partial charge on any atom is 0.119 e. The van der Waals surface area contributed by atoms with Gasteiger partial charge in [0.05, 0.1) is 12.6 Å². The van der Waals surface area contributed by atoms with E-state index < -0.39 is 0 Å². The first-order chi connectivity index (χ1) is 12.3. The van der Waals surface area contributed by atoms with Crippen molar-refractivity contribution in [3.05, 3.63) is 70.8 Å². The zero-order valence-corrected chi connectivity index (χ0v) is 15.3. The maximum atomic E-state index is 6.23. The monoisotopic (exact) mass is 353 g/mol. The van der Waals surface area contributed by atoms with Gasteiger partial charge < -0.3 is 10.1 Å². The predicted octanol–water partition coefficient (Wildman–Crippen LogP) is 6.35. The third-order valence-corrected chi connectivity index (χ3v) is 5.54. The number of halogens is 1. The van der Waals surface area contributed by atoms with Crippen LogP contribution < -0.4 is 10.1 Å². The van der Waals surface area contributed by atoms with Gasteiger partial charge in [-0.05, 0) is 60.2 Å². The lowest BCUT2D eigenvalue weighted by molar-refractivity contribution is 0.308. The SMILES string of the molecule is CCCCOc1ccc2c(c1)C1C=CCC1C(c1cccc(Cl)c1)N2. The summed E-state index contributed by atoms with van der Waals surface area (Å²) in [4.78, 5) is 0. The van der Waals surface area contributed by atoms with Crippen molar-refractivity contribution >= 4 is 17.3 Å². The Balaban J connectivity index is 1.64. The molecule has 2 aliphatic rings. The molecule has 1 aliphatic heterocycles. The molecule has 0 bridgehead atoms. The summed E-state index contributed by atoms with van der Waals surface area (Å²) < 4.78 is 5.92. The lowest BCUT2D eigenvalue weighted by Gasteiger charge is -2.37. The van der Waals surface area contributed by atoms with Gasteiger partial charge in [0.25, 0.3) is 0 Å². The maximum absolute atomic E-state index is 6.23. The molecule has 3 heteroatoms. The molecule has 0 spiro atoms. The molecule has 0 saturated heterocycles. The fraction of sp³-hybridized carbons (Fsp3) is 0.364. The Hall–Kier alpha value is -1.93. The summed E-state index contributed by atoms with van der Waals surface area (Å²) in [5.74, 6) is 1.95. The van der Waals surface area contributed by atoms with Gasteiger partial charge in [-0.25, -0.2) is 0 Å². The Morgan fingerprint density at radius 3 is 2.96 bits per heavy atom. The van der Waals surface area contributed by atoms with Crippen LogP contribution in [-0.2, 0) is 0 Å². The van der Waals surface area contributed by atoms with Gasteiger partial charge in [-0.1, -0.05) is 49.2 Å². The summed E-state index contributed by atoms with van der Waals surface area (Å²) in [6.45, 7) is 2.97. The fourth-order valence-electron chi connectivity index (χ4n) is 4.03. The normalized spacial score (nSPS) is 23.7. The third-order valence-electron chi connectivity index (χ3n) is 5.31. The molecule has 25 heavy (non-hydrogen) atoms. The average molecular weight is 354 g/mol. The number of hydrogen-bond acceptors (Lipinski definition) is 2. The van der Waals surface area contributed by atoms with Crippen LogP contribution in [0.4, 0.5) is 5.69 Å². The number of unbranched alkanes of at least 4 members (excludes halogenated alkanes) is 1. The highest BCUT2D eigenvalue weighted by Crippen LogP contribution is 2.50. The van der Waals surface area contributed by atoms with Crippen molar-refractivity contribution in [3.8, 4) is 5.75 Å². The molecule has 1 heterocycles. The van der Waals surface area contributed by atoms with E-state index >= 15 is 0 Å². The highest BCUT2D eigenvalue weighted by atomic mass is 35.5. The van der Waals surface area contributed by atoms with Crippen LogP contribution in [-0.4, -0.2) is 6.61 Å². The minimum atomic E-state index is 0.290. The topological polar surface area (TPSA) is 21.3 Å². The highest BCUT2D eigenvalue weighted by Gasteiger charge is 2.38. The van der Waals surface area contributed by atoms with Crippen molar-refractivity contribution in [1.82, 2.24) is 0 Å². The number of allylic oxidation sites excluding steroid dienone is 2. The van der Waals surface area contributed by atoms with Gasteiger partial charge in [0.1, 0.15) is 5.75 Å². The van der Waals surface area contributed by atoms with Crippen LogP contribution in [0.3, 0.4) is 0 Å². The van der Waals surface area contributed by atoms with E-state index in [4.69, 9.17) is 16.3 Å². The zero-order valence-electron chi connectivity index (χ0n) is 14.5. The van der Waals surface area contributed by atoms with Crippen molar-refractivity contribution < 1.29 is 4.74 Å². The first-order valence-corrected chi connectivity index (χ1v) is 9.59. The molecular weight excluding hydrogens is 330 g/mol. The average Bonchev–Trinajstić information content (AvgIpc) is 3.11. The van der Waals surface area contributed by atoms with Gasteiger partial charge in [-0.2, -0.15) is 0 Å². The molecule has 0 aromatic heterocycles. The second-order valence-corrected chi connectivity index (χ2v) is 7.42. The van der Waals surface area contributed by atoms with Crippen molar-refractivity contribution in [3.63, 3.8) is 0 Å². The predicted molar refractivity (Wildman–Crippen MR) is 105 cm³/mol. The second kappa shape index (κ2) is 7.13. The summed E-state index contributed by atoms with van der Waals surface area (Å²) in [5, 5.41) is 4.55. The molecule has 4 rings (SSSR count). The Morgan fingerprint density at radius 1 is 1.20 bits per heavy atom. The van der Waals surface area contributed by atoms with E-state index in [9.17, 15) is 0 Å². The molecule has 1 aliphatic carbocycles. The fourth-order valence-corrected chi connectivity index (χ4v) is 4.23. The van der Waals surface area contributed by atoms with Crippen LogP contribution in [0.25, 0.3) is 0 Å². The zero-order chi connectivity index (χ0) is 17.2. The molecule has 0 saturated carbocycles. The largest absolute Gasteiger partial charge is 0.494 e. The van der Waals surface area contributed by atoms with Gasteiger partial charge >= 0.3 is 0 Å². The third kappa shape index (κ3) is 3.28. The first-order valence-electron chi connectivity index (χ1n) is 9.21. The van der Waals surface area contributed by atoms with Gasteiger partial charge in [0, 0.05) is 16.6 Å². The smallest absolute Gasteiger partial charge is 0.119 e. The summed E-state index contributed by atoms with van der Waals surface area (Å²) in [5.41, 5.74) is 3.83. The Bertz CT molecular complexity index is 785. The number of hydrogen-bond donors (Lipinski definition) is 1. The molecule has 0 radical (unpaired) electrons. The summed E-state index contributed by atoms with van der Waals surface area (Å²) in [6, 6.07) is 15.0. The van der Waals surface area contributed by atoms with E-state index in [1.165, 1.54) is 16.8 Å². The molecule has 2 aromatic rings. The number of anilines is 1. The molecular formula is C22H24ClNO. The number of fused-ring (bicyclic) bond motifs is 3. The lowest BCUT2D eigenvalue weighted by atomic mass is 9.77. The quantitative estimate of drug-likeness (QED) is 0.499. The Morgan fingerprint density at radius 2 is 2.12 bits per heavy atom. The van der Waals surface area contributed by atoms with E-state index in [1.807, 2.05) is 12.1 Å². The van der Waals surface area contributed by atoms with Crippen LogP contribution in [0.5, 0.6) is 5.75 Å². The standard InChI is InChI=1S/C22H24ClNO/c1-2-3-12-25-17-10-11-21-20(14-17)18-8-5-9-19(18)22(24-21)15-6-4-7-16(23)13-15/h4-8,10-11,13-14,18-19,22,24H,2-3,9,12H2,1H3. The van der Waals surface area contributed by atoms with Crippen LogP contribution in [0.15, 0.2) is 54.6 Å². The van der Waals surface area contributed by atoms with E-state index in [2.05, 4.69) is 54.7 Å². The van der Waals surface area contributed by atoms with Crippen LogP contribution in [0.2, 0.25) is 5.02 Å². The molecule has 2 aromatic carbocycles. The van der Waals surface area contributed by atoms with Gasteiger partial charge in [-0.15, -0.1) is 0 Å². The van der Waals surface area contributed by atoms with Crippen LogP contribution >= 0.6 is 11.6 Å². The molecule has 130 valence electrons. The van der Waals surface area contributed by atoms with Crippen LogP contribution in [0, 0.1) is 5.92 Å². The van der Waals surface area contributed by atoms with Crippen molar-refractivity contribution in [1.29, 1.82) is 0 Å². The number of rotatable bonds is 5. The van der Waals surface area contributed by atoms with Gasteiger partial charge in [-0.3, -0.25) is 0 Å². The minimum absolute atomic E-state index is 0.290. The van der Waals surface area contributed by atoms with Gasteiger partial charge in [0.2, 0.25) is 0 Å². The molecule has 1 N–H and O–H groups in total. The Kier molecular flexibility index (Phi) is 4.72. The number of nitrogens with one attached hydrogen (secondary N) is 1. The molecule has 3 atom stereocenters.